The monoisotopic (exact) mass is 414 g/mol. The summed E-state index contributed by atoms with van der Waals surface area (Å²) in [4.78, 5) is 24.4. The quantitative estimate of drug-likeness (QED) is 0.278. The standard InChI is InChI=1S/C22H23ClN2O4/c1-14-9-18(16(3)25(14)15(2)12-28-4)10-19(11-24)22(27)29-13-21(26)17-5-7-20(23)8-6-17/h5-10,15H,12-13H2,1-4H3/b19-10+/t15-/m1/s1. The number of esters is 1. The highest BCUT2D eigenvalue weighted by molar-refractivity contribution is 6.30. The maximum atomic E-state index is 12.3. The summed E-state index contributed by atoms with van der Waals surface area (Å²) in [7, 11) is 1.64. The van der Waals surface area contributed by atoms with E-state index in [9.17, 15) is 14.9 Å². The normalized spacial score (nSPS) is 12.3. The fourth-order valence-electron chi connectivity index (χ4n) is 3.16. The largest absolute Gasteiger partial charge is 0.453 e. The van der Waals surface area contributed by atoms with Crippen LogP contribution in [0.25, 0.3) is 6.08 Å². The lowest BCUT2D eigenvalue weighted by molar-refractivity contribution is -0.137. The van der Waals surface area contributed by atoms with Gasteiger partial charge in [-0.1, -0.05) is 11.6 Å². The van der Waals surface area contributed by atoms with E-state index in [1.54, 1.807) is 31.4 Å². The van der Waals surface area contributed by atoms with Crippen LogP contribution in [0.4, 0.5) is 0 Å². The maximum Gasteiger partial charge on any atom is 0.349 e. The van der Waals surface area contributed by atoms with Crippen LogP contribution in [0, 0.1) is 25.2 Å². The van der Waals surface area contributed by atoms with Gasteiger partial charge in [-0.2, -0.15) is 5.26 Å². The number of ketones is 1. The Morgan fingerprint density at radius 2 is 1.93 bits per heavy atom. The van der Waals surface area contributed by atoms with E-state index < -0.39 is 12.6 Å². The molecule has 1 heterocycles. The molecule has 0 saturated carbocycles. The second-order valence-corrected chi connectivity index (χ2v) is 7.11. The second kappa shape index (κ2) is 10.1. The van der Waals surface area contributed by atoms with E-state index in [2.05, 4.69) is 4.57 Å². The molecule has 0 saturated heterocycles. The SMILES string of the molecule is COC[C@@H](C)n1c(C)cc(/C=C(\C#N)C(=O)OCC(=O)c2ccc(Cl)cc2)c1C. The summed E-state index contributed by atoms with van der Waals surface area (Å²) in [6, 6.07) is 10.1. The number of nitrogens with zero attached hydrogens (tertiary/aromatic N) is 2. The predicted octanol–water partition coefficient (Wildman–Crippen LogP) is 4.30. The fourth-order valence-corrected chi connectivity index (χ4v) is 3.29. The first kappa shape index (κ1) is 22.4. The molecule has 7 heteroatoms. The van der Waals surface area contributed by atoms with Crippen molar-refractivity contribution in [2.24, 2.45) is 0 Å². The number of nitriles is 1. The highest BCUT2D eigenvalue weighted by Crippen LogP contribution is 2.23. The van der Waals surface area contributed by atoms with Crippen LogP contribution in [0.2, 0.25) is 5.02 Å². The average Bonchev–Trinajstić information content (AvgIpc) is 2.97. The first-order valence-corrected chi connectivity index (χ1v) is 9.41. The average molecular weight is 415 g/mol. The number of halogens is 1. The summed E-state index contributed by atoms with van der Waals surface area (Å²) in [5, 5.41) is 9.89. The molecule has 1 aromatic carbocycles. The molecule has 1 aromatic heterocycles. The Bertz CT molecular complexity index is 968. The van der Waals surface area contributed by atoms with E-state index in [4.69, 9.17) is 21.1 Å². The van der Waals surface area contributed by atoms with Crippen LogP contribution in [-0.2, 0) is 14.3 Å². The fraction of sp³-hybridized carbons (Fsp3) is 0.318. The van der Waals surface area contributed by atoms with Gasteiger partial charge in [-0.25, -0.2) is 4.79 Å². The van der Waals surface area contributed by atoms with Crippen molar-refractivity contribution in [3.63, 3.8) is 0 Å². The summed E-state index contributed by atoms with van der Waals surface area (Å²) in [5.41, 5.74) is 2.84. The number of hydrogen-bond donors (Lipinski definition) is 0. The van der Waals surface area contributed by atoms with Gasteiger partial charge in [0.05, 0.1) is 12.6 Å². The predicted molar refractivity (Wildman–Crippen MR) is 111 cm³/mol. The van der Waals surface area contributed by atoms with Gasteiger partial charge in [0.2, 0.25) is 0 Å². The van der Waals surface area contributed by atoms with Gasteiger partial charge in [0.1, 0.15) is 11.6 Å². The Morgan fingerprint density at radius 1 is 1.28 bits per heavy atom. The zero-order chi connectivity index (χ0) is 21.6. The number of carbonyl (C=O) groups excluding carboxylic acids is 2. The number of aryl methyl sites for hydroxylation is 1. The third-order valence-corrected chi connectivity index (χ3v) is 4.76. The molecule has 0 fully saturated rings. The molecule has 0 aliphatic carbocycles. The molecular weight excluding hydrogens is 392 g/mol. The zero-order valence-electron chi connectivity index (χ0n) is 16.9. The Labute approximate surface area is 175 Å². The minimum atomic E-state index is -0.843. The Balaban J connectivity index is 2.14. The summed E-state index contributed by atoms with van der Waals surface area (Å²) in [6.07, 6.45) is 1.48. The highest BCUT2D eigenvalue weighted by atomic mass is 35.5. The van der Waals surface area contributed by atoms with Crippen LogP contribution in [-0.4, -0.2) is 36.6 Å². The third kappa shape index (κ3) is 5.57. The number of hydrogen-bond acceptors (Lipinski definition) is 5. The van der Waals surface area contributed by atoms with Gasteiger partial charge >= 0.3 is 5.97 Å². The van der Waals surface area contributed by atoms with Gasteiger partial charge < -0.3 is 14.0 Å². The molecule has 0 amide bonds. The number of rotatable bonds is 8. The maximum absolute atomic E-state index is 12.3. The lowest BCUT2D eigenvalue weighted by Gasteiger charge is -2.17. The number of carbonyl (C=O) groups is 2. The van der Waals surface area contributed by atoms with Crippen molar-refractivity contribution in [3.8, 4) is 6.07 Å². The molecule has 0 bridgehead atoms. The molecule has 2 rings (SSSR count). The van der Waals surface area contributed by atoms with Gasteiger partial charge in [0.25, 0.3) is 0 Å². The van der Waals surface area contributed by atoms with Crippen LogP contribution in [0.1, 0.15) is 40.3 Å². The number of Topliss-reactive ketones (excluding diaryl/α,β-unsaturated/α-hetero) is 1. The first-order valence-electron chi connectivity index (χ1n) is 9.03. The minimum Gasteiger partial charge on any atom is -0.453 e. The molecular formula is C22H23ClN2O4. The summed E-state index contributed by atoms with van der Waals surface area (Å²) in [6.45, 7) is 5.97. The number of aromatic nitrogens is 1. The molecule has 29 heavy (non-hydrogen) atoms. The topological polar surface area (TPSA) is 81.3 Å². The van der Waals surface area contributed by atoms with Crippen LogP contribution in [0.15, 0.2) is 35.9 Å². The lowest BCUT2D eigenvalue weighted by atomic mass is 10.1. The van der Waals surface area contributed by atoms with Crippen LogP contribution in [0.5, 0.6) is 0 Å². The van der Waals surface area contributed by atoms with Crippen LogP contribution < -0.4 is 0 Å². The first-order chi connectivity index (χ1) is 13.8. The van der Waals surface area contributed by atoms with E-state index in [-0.39, 0.29) is 17.4 Å². The van der Waals surface area contributed by atoms with Crippen molar-refractivity contribution in [3.05, 3.63) is 63.4 Å². The summed E-state index contributed by atoms with van der Waals surface area (Å²) < 4.78 is 12.3. The van der Waals surface area contributed by atoms with E-state index in [0.717, 1.165) is 17.0 Å². The van der Waals surface area contributed by atoms with Gasteiger partial charge in [0.15, 0.2) is 12.4 Å². The number of benzene rings is 1. The van der Waals surface area contributed by atoms with Crippen LogP contribution in [0.3, 0.4) is 0 Å². The summed E-state index contributed by atoms with van der Waals surface area (Å²) >= 11 is 5.79. The molecule has 0 unspecified atom stereocenters. The Kier molecular flexibility index (Phi) is 7.77. The molecule has 1 atom stereocenters. The van der Waals surface area contributed by atoms with Crippen molar-refractivity contribution < 1.29 is 19.1 Å². The van der Waals surface area contributed by atoms with Gasteiger partial charge in [-0.15, -0.1) is 0 Å². The molecule has 0 radical (unpaired) electrons. The molecule has 0 N–H and O–H groups in total. The van der Waals surface area contributed by atoms with Crippen molar-refractivity contribution in [1.29, 1.82) is 5.26 Å². The number of ether oxygens (including phenoxy) is 2. The molecule has 0 aliphatic rings. The van der Waals surface area contributed by atoms with Crippen molar-refractivity contribution >= 4 is 29.4 Å². The third-order valence-electron chi connectivity index (χ3n) is 4.51. The van der Waals surface area contributed by atoms with Crippen molar-refractivity contribution in [2.75, 3.05) is 20.3 Å². The van der Waals surface area contributed by atoms with Gasteiger partial charge in [0, 0.05) is 29.1 Å². The summed E-state index contributed by atoms with van der Waals surface area (Å²) in [5.74, 6) is -1.22. The van der Waals surface area contributed by atoms with Gasteiger partial charge in [-0.05, 0) is 62.7 Å². The van der Waals surface area contributed by atoms with Crippen molar-refractivity contribution in [2.45, 2.75) is 26.8 Å². The lowest BCUT2D eigenvalue weighted by Crippen LogP contribution is -2.15. The van der Waals surface area contributed by atoms with E-state index in [1.807, 2.05) is 32.9 Å². The Morgan fingerprint density at radius 3 is 2.52 bits per heavy atom. The van der Waals surface area contributed by atoms with Gasteiger partial charge in [-0.3, -0.25) is 4.79 Å². The van der Waals surface area contributed by atoms with E-state index in [1.165, 1.54) is 6.08 Å². The molecule has 0 aliphatic heterocycles. The molecule has 6 nitrogen and oxygen atoms in total. The number of methoxy groups -OCH3 is 1. The van der Waals surface area contributed by atoms with Crippen LogP contribution >= 0.6 is 11.6 Å². The zero-order valence-corrected chi connectivity index (χ0v) is 17.6. The van der Waals surface area contributed by atoms with Crippen molar-refractivity contribution in [1.82, 2.24) is 4.57 Å². The smallest absolute Gasteiger partial charge is 0.349 e. The molecule has 0 spiro atoms. The van der Waals surface area contributed by atoms with E-state index >= 15 is 0 Å². The highest BCUT2D eigenvalue weighted by Gasteiger charge is 2.17. The minimum absolute atomic E-state index is 0.108. The van der Waals surface area contributed by atoms with E-state index in [0.29, 0.717) is 17.2 Å². The molecule has 2 aromatic rings. The Hall–Kier alpha value is -2.88. The molecule has 152 valence electrons. The second-order valence-electron chi connectivity index (χ2n) is 6.68.